The molecule has 3 amide bonds. The highest BCUT2D eigenvalue weighted by molar-refractivity contribution is 7.93. The molecule has 2 aliphatic rings. The van der Waals surface area contributed by atoms with Crippen LogP contribution in [0.3, 0.4) is 0 Å². The Labute approximate surface area is 845 Å². The SMILES string of the molecule is CCC(=O)N1CCC(c2[nH]nc(-c3ccc(Cl)cc3)c2-c2ccncn2)CC1.COc1cc2c(cc1C(=O)N1CCC(Cc3ccc(F)cc3)CC1)c(C(=O)C(=O)N(C)C)cn2C.Cc1cc(F)ccc1Nc1ccc(C(=O)c2ccccc2C)c(Cl)c1.Cc1ccc(/C=C/S(=O)(=O)Cc2ccc(Cl)cc2)cc1.Cn1c(NC[C@@H](N)Cc2ccccc2)nc(-c2ccncc2)c(-c2ccc3ccccc3c2)c1=O. The average Bonchev–Trinajstić information content (AvgIpc) is 1.75. The molecule has 0 bridgehead atoms. The Hall–Kier alpha value is -14.9. The molecule has 2 saturated heterocycles. The van der Waals surface area contributed by atoms with Gasteiger partial charge in [-0.25, -0.2) is 32.2 Å². The van der Waals surface area contributed by atoms with Gasteiger partial charge in [0.25, 0.3) is 23.2 Å². The van der Waals surface area contributed by atoms with Gasteiger partial charge in [0.1, 0.15) is 29.4 Å². The molecular weight excluding hydrogens is 1890 g/mol. The zero-order valence-electron chi connectivity index (χ0n) is 80.8. The molecule has 18 rings (SSSR count). The quantitative estimate of drug-likeness (QED) is 0.0305. The number of amides is 3. The second-order valence-electron chi connectivity index (χ2n) is 35.5. The van der Waals surface area contributed by atoms with Crippen LogP contribution in [0.1, 0.15) is 126 Å². The third kappa shape index (κ3) is 27.1. The number of methoxy groups -OCH3 is 1. The number of ketones is 2. The number of piperidine rings is 2. The van der Waals surface area contributed by atoms with Crippen LogP contribution in [0.2, 0.25) is 15.1 Å². The number of carbonyl (C=O) groups excluding carboxylic acids is 5. The fourth-order valence-electron chi connectivity index (χ4n) is 17.2. The molecule has 0 aliphatic carbocycles. The smallest absolute Gasteiger partial charge is 0.294 e. The van der Waals surface area contributed by atoms with Crippen molar-refractivity contribution in [2.75, 3.05) is 64.6 Å². The van der Waals surface area contributed by atoms with Gasteiger partial charge in [0.05, 0.1) is 51.5 Å². The van der Waals surface area contributed by atoms with Crippen molar-refractivity contribution in [3.05, 3.63) is 401 Å². The Bertz CT molecular complexity index is 7410. The first kappa shape index (κ1) is 104. The van der Waals surface area contributed by atoms with Crippen LogP contribution in [0.15, 0.2) is 302 Å². The normalized spacial score (nSPS) is 12.9. The van der Waals surface area contributed by atoms with Crippen molar-refractivity contribution in [2.24, 2.45) is 25.7 Å². The number of nitrogens with two attached hydrogens (primary N) is 1. The van der Waals surface area contributed by atoms with Crippen LogP contribution in [0, 0.1) is 38.3 Å². The largest absolute Gasteiger partial charge is 0.496 e. The van der Waals surface area contributed by atoms with E-state index in [2.05, 4.69) is 54.0 Å². The third-order valence-corrected chi connectivity index (χ3v) is 27.2. The molecule has 1 atom stereocenters. The number of Topliss-reactive ketones (excluding diaryl/α,β-unsaturated/α-hetero) is 1. The minimum Gasteiger partial charge on any atom is -0.496 e. The molecule has 5 aromatic heterocycles. The Morgan fingerprint density at radius 3 is 1.91 bits per heavy atom. The molecular formula is C114H111Cl3F2N14O9S. The van der Waals surface area contributed by atoms with Crippen LogP contribution in [-0.4, -0.2) is 152 Å². The van der Waals surface area contributed by atoms with Gasteiger partial charge in [0, 0.05) is 176 Å². The number of nitrogens with one attached hydrogen (secondary N) is 3. The number of pyridine rings is 1. The number of aromatic amines is 1. The second-order valence-corrected chi connectivity index (χ2v) is 38.7. The second kappa shape index (κ2) is 48.5. The van der Waals surface area contributed by atoms with Crippen LogP contribution < -0.4 is 26.7 Å². The molecule has 143 heavy (non-hydrogen) atoms. The van der Waals surface area contributed by atoms with E-state index in [1.807, 2.05) is 184 Å². The van der Waals surface area contributed by atoms with Gasteiger partial charge >= 0.3 is 0 Å². The maximum Gasteiger partial charge on any atom is 0.294 e. The summed E-state index contributed by atoms with van der Waals surface area (Å²) in [6, 6.07) is 79.1. The summed E-state index contributed by atoms with van der Waals surface area (Å²) in [6.07, 6.45) is 15.6. The number of likely N-dealkylation sites (tertiary alicyclic amines) is 2. The van der Waals surface area contributed by atoms with Crippen molar-refractivity contribution < 1.29 is 45.9 Å². The number of likely N-dealkylation sites (N-methyl/N-ethyl adjacent to an activating group) is 1. The standard InChI is InChI=1S/C29H27N5O.C27H30FN3O4.C21H17ClFNO.C21H22ClN5O.C16H15ClO2S/c1-34-28(35)26(24-12-11-21-9-5-6-10-23(21)18-24)27(22-13-15-31-16-14-22)33-29(34)32-19-25(30)17-20-7-3-2-4-8-20;1-29(2)27(34)25(32)22-16-30(3)23-15-24(35-4)21(14-20(22)23)26(33)31-11-9-18(10-12-31)13-17-5-7-19(28)8-6-17;1-13-5-3-4-6-17(13)21(25)18-9-8-16(12-19(18)22)24-20-10-7-15(23)11-14(20)2;1-2-18(28)27-11-8-15(9-12-27)21-19(17-7-10-23-13-24-17)20(25-26-21)14-3-5-16(22)6-4-14;1-13-2-4-14(5-3-13)10-11-20(18,19)12-15-6-8-16(17)9-7-15/h2-16,18,25H,17,19,30H2,1H3,(H,32,33);5-8,14-16,18H,9-13H2,1-4H3;3-12,24H,1-2H3;3-7,10,13,15H,2,8-9,11-12H2,1H3,(H,25,26);2-11H,12H2,1H3/b;;;;11-10+/t25-;;;;/m0..../s1. The van der Waals surface area contributed by atoms with E-state index >= 15 is 0 Å². The number of sulfone groups is 1. The van der Waals surface area contributed by atoms with Crippen molar-refractivity contribution in [2.45, 2.75) is 90.4 Å². The van der Waals surface area contributed by atoms with E-state index in [9.17, 15) is 46.0 Å². The highest BCUT2D eigenvalue weighted by Gasteiger charge is 2.33. The molecule has 2 fully saturated rings. The fourth-order valence-corrected chi connectivity index (χ4v) is 18.8. The average molecular weight is 2000 g/mol. The number of carbonyl (C=O) groups is 5. The molecule has 16 aromatic rings. The highest BCUT2D eigenvalue weighted by Crippen LogP contribution is 2.41. The van der Waals surface area contributed by atoms with Crippen LogP contribution in [0.5, 0.6) is 5.75 Å². The van der Waals surface area contributed by atoms with Crippen LogP contribution in [0.25, 0.3) is 72.7 Å². The summed E-state index contributed by atoms with van der Waals surface area (Å²) < 4.78 is 59.2. The highest BCUT2D eigenvalue weighted by atomic mass is 35.5. The van der Waals surface area contributed by atoms with E-state index in [1.54, 1.807) is 132 Å². The maximum atomic E-state index is 13.7. The molecule has 29 heteroatoms. The van der Waals surface area contributed by atoms with Gasteiger partial charge in [-0.1, -0.05) is 199 Å². The number of H-pyrrole nitrogens is 1. The molecule has 0 unspecified atom stereocenters. The Kier molecular flexibility index (Phi) is 35.2. The van der Waals surface area contributed by atoms with Gasteiger partial charge in [-0.15, -0.1) is 0 Å². The topological polar surface area (TPSA) is 296 Å². The number of nitrogens with zero attached hydrogens (tertiary/aromatic N) is 10. The third-order valence-electron chi connectivity index (χ3n) is 25.1. The summed E-state index contributed by atoms with van der Waals surface area (Å²) >= 11 is 18.2. The fraction of sp³-hybridized carbons (Fsp3) is 0.219. The first-order valence-corrected chi connectivity index (χ1v) is 49.8. The summed E-state index contributed by atoms with van der Waals surface area (Å²) in [5.74, 6) is -0.191. The number of anilines is 3. The number of fused-ring (bicyclic) bond motifs is 2. The summed E-state index contributed by atoms with van der Waals surface area (Å²) in [7, 11) is 4.81. The van der Waals surface area contributed by atoms with Crippen LogP contribution in [0.4, 0.5) is 26.1 Å². The first-order chi connectivity index (χ1) is 68.9. The van der Waals surface area contributed by atoms with Crippen molar-refractivity contribution >= 4 is 119 Å². The lowest BCUT2D eigenvalue weighted by atomic mass is 9.88. The molecule has 0 saturated carbocycles. The molecule has 2 aliphatic heterocycles. The predicted molar refractivity (Wildman–Crippen MR) is 567 cm³/mol. The van der Waals surface area contributed by atoms with Gasteiger partial charge in [-0.3, -0.25) is 43.4 Å². The van der Waals surface area contributed by atoms with Crippen molar-refractivity contribution in [1.29, 1.82) is 0 Å². The minimum atomic E-state index is -3.28. The Balaban J connectivity index is 0.000000144. The monoisotopic (exact) mass is 1990 g/mol. The number of aryl methyl sites for hydroxylation is 4. The zero-order valence-corrected chi connectivity index (χ0v) is 83.9. The number of halogens is 5. The lowest BCUT2D eigenvalue weighted by molar-refractivity contribution is -0.131. The zero-order chi connectivity index (χ0) is 102. The molecule has 11 aromatic carbocycles. The Morgan fingerprint density at radius 2 is 1.25 bits per heavy atom. The van der Waals surface area contributed by atoms with E-state index < -0.39 is 21.5 Å². The van der Waals surface area contributed by atoms with E-state index in [1.165, 1.54) is 61.3 Å². The van der Waals surface area contributed by atoms with E-state index in [0.717, 1.165) is 146 Å². The summed E-state index contributed by atoms with van der Waals surface area (Å²) in [6.45, 7) is 10.9. The van der Waals surface area contributed by atoms with E-state index in [4.69, 9.17) is 50.3 Å². The predicted octanol–water partition coefficient (Wildman–Crippen LogP) is 22.9. The van der Waals surface area contributed by atoms with Gasteiger partial charge in [-0.2, -0.15) is 5.10 Å². The van der Waals surface area contributed by atoms with Gasteiger partial charge in [0.2, 0.25) is 11.9 Å². The van der Waals surface area contributed by atoms with E-state index in [0.29, 0.717) is 104 Å². The maximum absolute atomic E-state index is 13.7. The molecule has 0 radical (unpaired) electrons. The summed E-state index contributed by atoms with van der Waals surface area (Å²) in [5.41, 5.74) is 24.5. The molecule has 0 spiro atoms. The van der Waals surface area contributed by atoms with E-state index in [-0.39, 0.29) is 52.1 Å². The number of rotatable bonds is 25. The number of ether oxygens (including phenoxy) is 1. The molecule has 7 heterocycles. The molecule has 732 valence electrons. The van der Waals surface area contributed by atoms with Gasteiger partial charge in [0.15, 0.2) is 15.6 Å². The lowest BCUT2D eigenvalue weighted by Gasteiger charge is -2.32. The van der Waals surface area contributed by atoms with Crippen LogP contribution >= 0.6 is 34.8 Å². The van der Waals surface area contributed by atoms with Crippen molar-refractivity contribution in [3.63, 3.8) is 0 Å². The lowest BCUT2D eigenvalue weighted by Crippen LogP contribution is -2.39. The molecule has 5 N–H and O–H groups in total. The Morgan fingerprint density at radius 1 is 0.615 bits per heavy atom. The number of hydrogen-bond acceptors (Lipinski definition) is 17. The van der Waals surface area contributed by atoms with Gasteiger partial charge in [-0.05, 0) is 224 Å². The van der Waals surface area contributed by atoms with Crippen molar-refractivity contribution in [3.8, 4) is 50.6 Å². The number of hydrogen-bond donors (Lipinski definition) is 4. The summed E-state index contributed by atoms with van der Waals surface area (Å²) in [5, 5.41) is 20.1. The van der Waals surface area contributed by atoms with Crippen LogP contribution in [-0.2, 0) is 52.1 Å². The first-order valence-electron chi connectivity index (χ1n) is 46.9. The molecule has 23 nitrogen and oxygen atoms in total. The van der Waals surface area contributed by atoms with Gasteiger partial charge < -0.3 is 40.4 Å². The van der Waals surface area contributed by atoms with Crippen molar-refractivity contribution in [1.82, 2.24) is 54.0 Å². The number of aromatic nitrogens is 8. The number of benzene rings is 11. The minimum absolute atomic E-state index is 0.0213. The summed E-state index contributed by atoms with van der Waals surface area (Å²) in [4.78, 5) is 99.6.